The third-order valence-corrected chi connectivity index (χ3v) is 2.09. The second kappa shape index (κ2) is 4.22. The fourth-order valence-electron chi connectivity index (χ4n) is 0.599. The highest BCUT2D eigenvalue weighted by Gasteiger charge is 1.98. The number of aryl methyl sites for hydroxylation is 1. The molecule has 0 aliphatic heterocycles. The fraction of sp³-hybridized carbons (Fsp3) is 0.500. The summed E-state index contributed by atoms with van der Waals surface area (Å²) >= 11 is 1.39. The van der Waals surface area contributed by atoms with Gasteiger partial charge in [0, 0.05) is 12.3 Å². The Morgan fingerprint density at radius 1 is 1.58 bits per heavy atom. The summed E-state index contributed by atoms with van der Waals surface area (Å²) < 4.78 is 0. The molecule has 5 nitrogen and oxygen atoms in total. The Kier molecular flexibility index (Phi) is 3.24. The number of nitrogens with zero attached hydrogens (tertiary/aromatic N) is 2. The van der Waals surface area contributed by atoms with Crippen LogP contribution >= 0.6 is 11.8 Å². The van der Waals surface area contributed by atoms with Crippen molar-refractivity contribution in [1.82, 2.24) is 15.2 Å². The molecular formula is C6H10N4OS. The van der Waals surface area contributed by atoms with E-state index in [9.17, 15) is 4.79 Å². The molecule has 0 aromatic carbocycles. The Morgan fingerprint density at radius 3 is 2.92 bits per heavy atom. The fourth-order valence-corrected chi connectivity index (χ4v) is 1.17. The van der Waals surface area contributed by atoms with Gasteiger partial charge < -0.3 is 5.73 Å². The Hall–Kier alpha value is -0.880. The minimum Gasteiger partial charge on any atom is -0.330 e. The molecule has 0 bridgehead atoms. The van der Waals surface area contributed by atoms with Gasteiger partial charge in [-0.25, -0.2) is 0 Å². The van der Waals surface area contributed by atoms with Crippen molar-refractivity contribution in [1.29, 1.82) is 0 Å². The van der Waals surface area contributed by atoms with Gasteiger partial charge in [-0.3, -0.25) is 9.78 Å². The summed E-state index contributed by atoms with van der Waals surface area (Å²) in [6.45, 7) is 2.17. The molecule has 0 amide bonds. The van der Waals surface area contributed by atoms with E-state index in [4.69, 9.17) is 5.73 Å². The predicted molar refractivity (Wildman–Crippen MR) is 47.2 cm³/mol. The smallest absolute Gasteiger partial charge is 0.273 e. The van der Waals surface area contributed by atoms with E-state index in [1.807, 2.05) is 0 Å². The number of H-pyrrole nitrogens is 1. The van der Waals surface area contributed by atoms with Crippen LogP contribution in [0.2, 0.25) is 0 Å². The lowest BCUT2D eigenvalue weighted by Crippen LogP contribution is -2.14. The number of aromatic amines is 1. The van der Waals surface area contributed by atoms with Gasteiger partial charge in [-0.05, 0) is 6.92 Å². The molecule has 1 rings (SSSR count). The Balaban J connectivity index is 2.76. The van der Waals surface area contributed by atoms with Crippen LogP contribution in [0.4, 0.5) is 0 Å². The van der Waals surface area contributed by atoms with Crippen LogP contribution in [0.1, 0.15) is 5.69 Å². The number of thioether (sulfide) groups is 1. The molecule has 12 heavy (non-hydrogen) atoms. The third-order valence-electron chi connectivity index (χ3n) is 1.20. The summed E-state index contributed by atoms with van der Waals surface area (Å²) in [5, 5.41) is 7.98. The maximum Gasteiger partial charge on any atom is 0.273 e. The Morgan fingerprint density at radius 2 is 2.33 bits per heavy atom. The Bertz CT molecular complexity index is 311. The van der Waals surface area contributed by atoms with Crippen molar-refractivity contribution in [2.45, 2.75) is 12.1 Å². The van der Waals surface area contributed by atoms with Gasteiger partial charge in [0.05, 0.1) is 0 Å². The molecule has 1 heterocycles. The van der Waals surface area contributed by atoms with Gasteiger partial charge in [-0.1, -0.05) is 11.8 Å². The predicted octanol–water partition coefficient (Wildman–Crippen LogP) is -0.476. The maximum atomic E-state index is 11.0. The average Bonchev–Trinajstić information content (AvgIpc) is 2.07. The van der Waals surface area contributed by atoms with Crippen LogP contribution in [-0.2, 0) is 0 Å². The number of nitrogens with two attached hydrogens (primary N) is 1. The molecule has 0 aliphatic rings. The Labute approximate surface area is 73.8 Å². The van der Waals surface area contributed by atoms with Gasteiger partial charge in [0.25, 0.3) is 5.56 Å². The first-order valence-corrected chi connectivity index (χ1v) is 4.49. The van der Waals surface area contributed by atoms with Crippen LogP contribution in [0.3, 0.4) is 0 Å². The maximum absolute atomic E-state index is 11.0. The molecule has 0 saturated heterocycles. The highest BCUT2D eigenvalue weighted by Crippen LogP contribution is 2.07. The van der Waals surface area contributed by atoms with E-state index in [0.29, 0.717) is 17.4 Å². The van der Waals surface area contributed by atoms with Crippen molar-refractivity contribution in [2.75, 3.05) is 12.3 Å². The van der Waals surface area contributed by atoms with Crippen molar-refractivity contribution in [3.05, 3.63) is 16.0 Å². The molecule has 1 aromatic heterocycles. The second-order valence-electron chi connectivity index (χ2n) is 2.18. The number of nitrogens with one attached hydrogen (secondary N) is 1. The minimum absolute atomic E-state index is 0.190. The molecule has 0 atom stereocenters. The second-order valence-corrected chi connectivity index (χ2v) is 3.27. The summed E-state index contributed by atoms with van der Waals surface area (Å²) in [5.74, 6) is 0.730. The summed E-state index contributed by atoms with van der Waals surface area (Å²) in [5.41, 5.74) is 5.47. The van der Waals surface area contributed by atoms with E-state index in [2.05, 4.69) is 15.2 Å². The molecule has 0 spiro atoms. The van der Waals surface area contributed by atoms with E-state index in [1.165, 1.54) is 11.8 Å². The van der Waals surface area contributed by atoms with Crippen molar-refractivity contribution < 1.29 is 0 Å². The lowest BCUT2D eigenvalue weighted by Gasteiger charge is -1.96. The van der Waals surface area contributed by atoms with Crippen molar-refractivity contribution >= 4 is 11.8 Å². The molecule has 66 valence electrons. The summed E-state index contributed by atoms with van der Waals surface area (Å²) in [7, 11) is 0. The first-order valence-electron chi connectivity index (χ1n) is 3.50. The number of rotatable bonds is 3. The van der Waals surface area contributed by atoms with Crippen LogP contribution in [0, 0.1) is 6.92 Å². The van der Waals surface area contributed by atoms with Gasteiger partial charge >= 0.3 is 0 Å². The van der Waals surface area contributed by atoms with E-state index in [0.717, 1.165) is 5.75 Å². The average molecular weight is 186 g/mol. The first-order chi connectivity index (χ1) is 5.74. The van der Waals surface area contributed by atoms with Crippen molar-refractivity contribution in [3.63, 3.8) is 0 Å². The standard InChI is InChI=1S/C6H10N4OS/c1-4-5(11)8-6(10-9-4)12-3-2-7/h2-3,7H2,1H3,(H,8,10,11). The lowest BCUT2D eigenvalue weighted by molar-refractivity contribution is 0.789. The number of hydrogen-bond acceptors (Lipinski definition) is 5. The van der Waals surface area contributed by atoms with Crippen molar-refractivity contribution in [2.24, 2.45) is 5.73 Å². The minimum atomic E-state index is -0.190. The van der Waals surface area contributed by atoms with Gasteiger partial charge in [0.2, 0.25) is 0 Å². The van der Waals surface area contributed by atoms with E-state index in [-0.39, 0.29) is 5.56 Å². The zero-order valence-corrected chi connectivity index (χ0v) is 7.52. The molecule has 3 N–H and O–H groups in total. The zero-order chi connectivity index (χ0) is 8.97. The summed E-state index contributed by atoms with van der Waals surface area (Å²) in [4.78, 5) is 13.6. The van der Waals surface area contributed by atoms with E-state index in [1.54, 1.807) is 6.92 Å². The topological polar surface area (TPSA) is 84.7 Å². The number of hydrogen-bond donors (Lipinski definition) is 2. The van der Waals surface area contributed by atoms with Gasteiger partial charge in [-0.15, -0.1) is 10.2 Å². The molecule has 0 radical (unpaired) electrons. The highest BCUT2D eigenvalue weighted by molar-refractivity contribution is 7.99. The quantitative estimate of drug-likeness (QED) is 0.623. The molecule has 0 unspecified atom stereocenters. The van der Waals surface area contributed by atoms with Crippen LogP contribution in [-0.4, -0.2) is 27.5 Å². The first kappa shape index (κ1) is 9.21. The zero-order valence-electron chi connectivity index (χ0n) is 6.70. The lowest BCUT2D eigenvalue weighted by atomic mass is 10.5. The van der Waals surface area contributed by atoms with Crippen LogP contribution in [0.25, 0.3) is 0 Å². The number of aromatic nitrogens is 3. The highest BCUT2D eigenvalue weighted by atomic mass is 32.2. The molecule has 0 fully saturated rings. The van der Waals surface area contributed by atoms with Gasteiger partial charge in [-0.2, -0.15) is 0 Å². The molecule has 1 aromatic rings. The largest absolute Gasteiger partial charge is 0.330 e. The normalized spacial score (nSPS) is 10.2. The molecule has 6 heteroatoms. The van der Waals surface area contributed by atoms with Gasteiger partial charge in [0.15, 0.2) is 5.16 Å². The summed E-state index contributed by atoms with van der Waals surface area (Å²) in [6, 6.07) is 0. The monoisotopic (exact) mass is 186 g/mol. The van der Waals surface area contributed by atoms with Crippen LogP contribution < -0.4 is 11.3 Å². The van der Waals surface area contributed by atoms with Crippen LogP contribution in [0.5, 0.6) is 0 Å². The molecule has 0 saturated carbocycles. The third kappa shape index (κ3) is 2.31. The molecular weight excluding hydrogens is 176 g/mol. The van der Waals surface area contributed by atoms with E-state index < -0.39 is 0 Å². The molecule has 0 aliphatic carbocycles. The van der Waals surface area contributed by atoms with Crippen molar-refractivity contribution in [3.8, 4) is 0 Å². The summed E-state index contributed by atoms with van der Waals surface area (Å²) in [6.07, 6.45) is 0. The van der Waals surface area contributed by atoms with Crippen LogP contribution in [0.15, 0.2) is 9.95 Å². The van der Waals surface area contributed by atoms with Gasteiger partial charge in [0.1, 0.15) is 5.69 Å². The van der Waals surface area contributed by atoms with E-state index >= 15 is 0 Å². The SMILES string of the molecule is Cc1nnc(SCCN)[nH]c1=O.